The standard InChI is InChI=1S/C12H21N3.HI/c1-5-6-14-12(13-4)15-8-10(2)7-11(3)9-15;/h1,10-11H,6-9H2,2-4H3,(H,13,14);1H. The van der Waals surface area contributed by atoms with Crippen LogP contribution in [0.2, 0.25) is 0 Å². The highest BCUT2D eigenvalue weighted by atomic mass is 127. The second kappa shape index (κ2) is 7.77. The number of piperidine rings is 1. The SMILES string of the molecule is C#CCNC(=NC)N1CC(C)CC(C)C1.I. The first-order valence-corrected chi connectivity index (χ1v) is 5.56. The van der Waals surface area contributed by atoms with E-state index in [0.717, 1.165) is 30.9 Å². The highest BCUT2D eigenvalue weighted by Crippen LogP contribution is 2.20. The summed E-state index contributed by atoms with van der Waals surface area (Å²) in [6, 6.07) is 0. The smallest absolute Gasteiger partial charge is 0.194 e. The molecule has 0 bridgehead atoms. The molecule has 1 aliphatic rings. The van der Waals surface area contributed by atoms with E-state index in [-0.39, 0.29) is 24.0 Å². The summed E-state index contributed by atoms with van der Waals surface area (Å²) in [7, 11) is 1.81. The minimum atomic E-state index is 0. The Kier molecular flexibility index (Phi) is 7.56. The Bertz CT molecular complexity index is 260. The maximum absolute atomic E-state index is 5.23. The summed E-state index contributed by atoms with van der Waals surface area (Å²) >= 11 is 0. The molecule has 2 atom stereocenters. The van der Waals surface area contributed by atoms with E-state index >= 15 is 0 Å². The van der Waals surface area contributed by atoms with E-state index in [1.807, 2.05) is 7.05 Å². The van der Waals surface area contributed by atoms with E-state index in [4.69, 9.17) is 6.42 Å². The Hall–Kier alpha value is -0.440. The van der Waals surface area contributed by atoms with Crippen LogP contribution in [0, 0.1) is 24.2 Å². The van der Waals surface area contributed by atoms with E-state index in [1.165, 1.54) is 6.42 Å². The van der Waals surface area contributed by atoms with E-state index in [9.17, 15) is 0 Å². The molecule has 3 nitrogen and oxygen atoms in total. The molecule has 0 amide bonds. The fourth-order valence-corrected chi connectivity index (χ4v) is 2.30. The van der Waals surface area contributed by atoms with Gasteiger partial charge in [-0.15, -0.1) is 30.4 Å². The first-order valence-electron chi connectivity index (χ1n) is 5.56. The average molecular weight is 335 g/mol. The van der Waals surface area contributed by atoms with Gasteiger partial charge in [0.1, 0.15) is 0 Å². The van der Waals surface area contributed by atoms with Crippen molar-refractivity contribution < 1.29 is 0 Å². The monoisotopic (exact) mass is 335 g/mol. The number of terminal acetylenes is 1. The van der Waals surface area contributed by atoms with Gasteiger partial charge in [0, 0.05) is 20.1 Å². The Morgan fingerprint density at radius 1 is 1.44 bits per heavy atom. The first kappa shape index (κ1) is 15.6. The van der Waals surface area contributed by atoms with E-state index < -0.39 is 0 Å². The predicted octanol–water partition coefficient (Wildman–Crippen LogP) is 1.79. The van der Waals surface area contributed by atoms with Gasteiger partial charge >= 0.3 is 0 Å². The van der Waals surface area contributed by atoms with Crippen molar-refractivity contribution in [2.45, 2.75) is 20.3 Å². The van der Waals surface area contributed by atoms with Crippen LogP contribution in [0.25, 0.3) is 0 Å². The Morgan fingerprint density at radius 2 is 2.00 bits per heavy atom. The van der Waals surface area contributed by atoms with Crippen LogP contribution in [0.5, 0.6) is 0 Å². The average Bonchev–Trinajstić information content (AvgIpc) is 2.17. The third-order valence-corrected chi connectivity index (χ3v) is 2.73. The Labute approximate surface area is 116 Å². The quantitative estimate of drug-likeness (QED) is 0.342. The maximum atomic E-state index is 5.23. The van der Waals surface area contributed by atoms with Gasteiger partial charge in [0.05, 0.1) is 6.54 Å². The van der Waals surface area contributed by atoms with Crippen molar-refractivity contribution in [3.05, 3.63) is 0 Å². The second-order valence-corrected chi connectivity index (χ2v) is 4.46. The van der Waals surface area contributed by atoms with Crippen molar-refractivity contribution in [2.24, 2.45) is 16.8 Å². The predicted molar refractivity (Wildman–Crippen MR) is 80.1 cm³/mol. The number of hydrogen-bond acceptors (Lipinski definition) is 1. The molecule has 4 heteroatoms. The summed E-state index contributed by atoms with van der Waals surface area (Å²) < 4.78 is 0. The number of guanidine groups is 1. The van der Waals surface area contributed by atoms with Crippen molar-refractivity contribution in [2.75, 3.05) is 26.7 Å². The lowest BCUT2D eigenvalue weighted by Gasteiger charge is -2.36. The molecular formula is C12H22IN3. The number of nitrogens with zero attached hydrogens (tertiary/aromatic N) is 2. The summed E-state index contributed by atoms with van der Waals surface area (Å²) in [6.07, 6.45) is 6.54. The maximum Gasteiger partial charge on any atom is 0.194 e. The zero-order chi connectivity index (χ0) is 11.3. The number of halogens is 1. The van der Waals surface area contributed by atoms with Crippen molar-refractivity contribution >= 4 is 29.9 Å². The summed E-state index contributed by atoms with van der Waals surface area (Å²) in [6.45, 7) is 7.28. The molecule has 0 aliphatic carbocycles. The normalized spacial score (nSPS) is 25.6. The van der Waals surface area contributed by atoms with Crippen LogP contribution >= 0.6 is 24.0 Å². The number of aliphatic imine (C=N–C) groups is 1. The molecule has 1 heterocycles. The number of likely N-dealkylation sites (tertiary alicyclic amines) is 1. The van der Waals surface area contributed by atoms with Crippen LogP contribution in [0.15, 0.2) is 4.99 Å². The number of nitrogens with one attached hydrogen (secondary N) is 1. The molecular weight excluding hydrogens is 313 g/mol. The molecule has 0 aromatic heterocycles. The molecule has 0 spiro atoms. The number of rotatable bonds is 1. The second-order valence-electron chi connectivity index (χ2n) is 4.46. The fourth-order valence-electron chi connectivity index (χ4n) is 2.30. The minimum absolute atomic E-state index is 0. The van der Waals surface area contributed by atoms with Crippen LogP contribution in [0.4, 0.5) is 0 Å². The van der Waals surface area contributed by atoms with Crippen molar-refractivity contribution in [1.29, 1.82) is 0 Å². The summed E-state index contributed by atoms with van der Waals surface area (Å²) in [5.74, 6) is 4.98. The molecule has 2 unspecified atom stereocenters. The van der Waals surface area contributed by atoms with Gasteiger partial charge in [0.2, 0.25) is 0 Å². The van der Waals surface area contributed by atoms with Crippen LogP contribution in [0.1, 0.15) is 20.3 Å². The molecule has 1 N–H and O–H groups in total. The molecule has 1 rings (SSSR count). The van der Waals surface area contributed by atoms with Gasteiger partial charge in [-0.3, -0.25) is 4.99 Å². The van der Waals surface area contributed by atoms with Crippen molar-refractivity contribution in [1.82, 2.24) is 10.2 Å². The lowest BCUT2D eigenvalue weighted by Crippen LogP contribution is -2.48. The van der Waals surface area contributed by atoms with Crippen molar-refractivity contribution in [3.8, 4) is 12.3 Å². The van der Waals surface area contributed by atoms with Gasteiger partial charge in [-0.25, -0.2) is 0 Å². The molecule has 0 aromatic carbocycles. The summed E-state index contributed by atoms with van der Waals surface area (Å²) in [4.78, 5) is 6.56. The molecule has 1 fully saturated rings. The molecule has 92 valence electrons. The van der Waals surface area contributed by atoms with Gasteiger partial charge in [0.25, 0.3) is 0 Å². The van der Waals surface area contributed by atoms with Crippen LogP contribution in [-0.2, 0) is 0 Å². The molecule has 0 saturated carbocycles. The lowest BCUT2D eigenvalue weighted by atomic mass is 9.92. The van der Waals surface area contributed by atoms with E-state index in [0.29, 0.717) is 6.54 Å². The highest BCUT2D eigenvalue weighted by molar-refractivity contribution is 14.0. The van der Waals surface area contributed by atoms with Gasteiger partial charge in [-0.1, -0.05) is 19.8 Å². The molecule has 0 radical (unpaired) electrons. The topological polar surface area (TPSA) is 27.6 Å². The Balaban J connectivity index is 0.00000225. The summed E-state index contributed by atoms with van der Waals surface area (Å²) in [5.41, 5.74) is 0. The van der Waals surface area contributed by atoms with Crippen LogP contribution in [-0.4, -0.2) is 37.5 Å². The molecule has 1 aliphatic heterocycles. The zero-order valence-electron chi connectivity index (χ0n) is 10.4. The molecule has 16 heavy (non-hydrogen) atoms. The van der Waals surface area contributed by atoms with Gasteiger partial charge in [-0.05, 0) is 18.3 Å². The Morgan fingerprint density at radius 3 is 2.44 bits per heavy atom. The molecule has 1 saturated heterocycles. The van der Waals surface area contributed by atoms with Gasteiger partial charge in [0.15, 0.2) is 5.96 Å². The zero-order valence-corrected chi connectivity index (χ0v) is 12.7. The fraction of sp³-hybridized carbons (Fsp3) is 0.750. The largest absolute Gasteiger partial charge is 0.345 e. The van der Waals surface area contributed by atoms with Gasteiger partial charge < -0.3 is 10.2 Å². The van der Waals surface area contributed by atoms with Crippen molar-refractivity contribution in [3.63, 3.8) is 0 Å². The first-order chi connectivity index (χ1) is 7.17. The third kappa shape index (κ3) is 4.60. The number of hydrogen-bond donors (Lipinski definition) is 1. The van der Waals surface area contributed by atoms with E-state index in [2.05, 4.69) is 35.0 Å². The minimum Gasteiger partial charge on any atom is -0.345 e. The summed E-state index contributed by atoms with van der Waals surface area (Å²) in [5, 5.41) is 3.17. The van der Waals surface area contributed by atoms with Crippen LogP contribution < -0.4 is 5.32 Å². The van der Waals surface area contributed by atoms with Crippen LogP contribution in [0.3, 0.4) is 0 Å². The molecule has 0 aromatic rings. The highest BCUT2D eigenvalue weighted by Gasteiger charge is 2.23. The van der Waals surface area contributed by atoms with E-state index in [1.54, 1.807) is 0 Å². The van der Waals surface area contributed by atoms with Gasteiger partial charge in [-0.2, -0.15) is 0 Å². The lowest BCUT2D eigenvalue weighted by molar-refractivity contribution is 0.209. The third-order valence-electron chi connectivity index (χ3n) is 2.73.